The van der Waals surface area contributed by atoms with Crippen molar-refractivity contribution in [3.8, 4) is 0 Å². The third kappa shape index (κ3) is 2.29. The SMILES string of the molecule is Cc1cccc2c1NCCC2C(=O)n1nc2c(c1N)CC(N)CC2. The fourth-order valence-corrected chi connectivity index (χ4v) is 3.91. The number of aryl methyl sites for hydroxylation is 2. The van der Waals surface area contributed by atoms with Gasteiger partial charge in [0.15, 0.2) is 0 Å². The van der Waals surface area contributed by atoms with E-state index in [9.17, 15) is 4.79 Å². The zero-order chi connectivity index (χ0) is 16.8. The fourth-order valence-electron chi connectivity index (χ4n) is 3.91. The molecule has 2 atom stereocenters. The molecule has 1 aliphatic carbocycles. The largest absolute Gasteiger partial charge is 0.385 e. The number of benzene rings is 1. The van der Waals surface area contributed by atoms with Crippen molar-refractivity contribution in [1.82, 2.24) is 9.78 Å². The number of hydrogen-bond donors (Lipinski definition) is 3. The summed E-state index contributed by atoms with van der Waals surface area (Å²) in [6.07, 6.45) is 3.14. The summed E-state index contributed by atoms with van der Waals surface area (Å²) in [5.74, 6) is 0.222. The molecule has 5 N–H and O–H groups in total. The molecule has 0 radical (unpaired) electrons. The van der Waals surface area contributed by atoms with Crippen LogP contribution in [0.25, 0.3) is 0 Å². The van der Waals surface area contributed by atoms with E-state index >= 15 is 0 Å². The number of anilines is 2. The first-order valence-electron chi connectivity index (χ1n) is 8.55. The molecule has 0 bridgehead atoms. The van der Waals surface area contributed by atoms with Crippen molar-refractivity contribution in [1.29, 1.82) is 0 Å². The molecule has 1 aromatic heterocycles. The number of nitrogens with one attached hydrogen (secondary N) is 1. The molecule has 0 amide bonds. The average molecular weight is 325 g/mol. The lowest BCUT2D eigenvalue weighted by Crippen LogP contribution is -2.29. The summed E-state index contributed by atoms with van der Waals surface area (Å²) in [5.41, 5.74) is 17.4. The van der Waals surface area contributed by atoms with Gasteiger partial charge in [-0.15, -0.1) is 0 Å². The lowest BCUT2D eigenvalue weighted by Gasteiger charge is -2.27. The summed E-state index contributed by atoms with van der Waals surface area (Å²) in [4.78, 5) is 13.2. The minimum Gasteiger partial charge on any atom is -0.385 e. The highest BCUT2D eigenvalue weighted by Crippen LogP contribution is 2.36. The van der Waals surface area contributed by atoms with Gasteiger partial charge < -0.3 is 16.8 Å². The molecule has 1 aliphatic heterocycles. The Morgan fingerprint density at radius 1 is 1.38 bits per heavy atom. The molecule has 0 spiro atoms. The minimum absolute atomic E-state index is 0.0381. The van der Waals surface area contributed by atoms with Crippen molar-refractivity contribution in [2.45, 2.75) is 44.6 Å². The summed E-state index contributed by atoms with van der Waals surface area (Å²) >= 11 is 0. The Morgan fingerprint density at radius 2 is 2.21 bits per heavy atom. The topological polar surface area (TPSA) is 99.0 Å². The molecule has 6 heteroatoms. The van der Waals surface area contributed by atoms with E-state index in [1.165, 1.54) is 4.68 Å². The van der Waals surface area contributed by atoms with Crippen LogP contribution in [0.5, 0.6) is 0 Å². The number of rotatable bonds is 1. The molecule has 1 aromatic carbocycles. The fraction of sp³-hybridized carbons (Fsp3) is 0.444. The van der Waals surface area contributed by atoms with Gasteiger partial charge in [-0.05, 0) is 43.7 Å². The summed E-state index contributed by atoms with van der Waals surface area (Å²) in [5, 5.41) is 7.93. The number of fused-ring (bicyclic) bond motifs is 2. The van der Waals surface area contributed by atoms with Crippen LogP contribution in [0.2, 0.25) is 0 Å². The normalized spacial score (nSPS) is 22.4. The molecule has 0 fully saturated rings. The number of para-hydroxylation sites is 1. The predicted octanol–water partition coefficient (Wildman–Crippen LogP) is 1.83. The van der Waals surface area contributed by atoms with Gasteiger partial charge in [-0.2, -0.15) is 9.78 Å². The first kappa shape index (κ1) is 15.2. The maximum Gasteiger partial charge on any atom is 0.256 e. The van der Waals surface area contributed by atoms with Crippen molar-refractivity contribution in [3.63, 3.8) is 0 Å². The Labute approximate surface area is 141 Å². The second-order valence-electron chi connectivity index (χ2n) is 6.87. The van der Waals surface area contributed by atoms with Crippen molar-refractivity contribution >= 4 is 17.4 Å². The van der Waals surface area contributed by atoms with Crippen LogP contribution in [0, 0.1) is 6.92 Å². The van der Waals surface area contributed by atoms with Gasteiger partial charge in [0, 0.05) is 23.8 Å². The van der Waals surface area contributed by atoms with Crippen molar-refractivity contribution in [2.75, 3.05) is 17.6 Å². The van der Waals surface area contributed by atoms with Crippen LogP contribution in [-0.2, 0) is 12.8 Å². The van der Waals surface area contributed by atoms with Crippen molar-refractivity contribution < 1.29 is 4.79 Å². The second kappa shape index (κ2) is 5.63. The van der Waals surface area contributed by atoms with Gasteiger partial charge in [-0.25, -0.2) is 0 Å². The Balaban J connectivity index is 1.73. The van der Waals surface area contributed by atoms with E-state index < -0.39 is 0 Å². The molecule has 0 saturated carbocycles. The van der Waals surface area contributed by atoms with Crippen LogP contribution in [0.3, 0.4) is 0 Å². The molecular formula is C18H23N5O. The van der Waals surface area contributed by atoms with Crippen molar-refractivity contribution in [2.24, 2.45) is 5.73 Å². The smallest absolute Gasteiger partial charge is 0.256 e. The zero-order valence-corrected chi connectivity index (χ0v) is 13.9. The van der Waals surface area contributed by atoms with Gasteiger partial charge in [0.1, 0.15) is 5.82 Å². The van der Waals surface area contributed by atoms with Crippen LogP contribution < -0.4 is 16.8 Å². The average Bonchev–Trinajstić information content (AvgIpc) is 2.91. The maximum atomic E-state index is 13.2. The second-order valence-corrected chi connectivity index (χ2v) is 6.87. The minimum atomic E-state index is -0.210. The summed E-state index contributed by atoms with van der Waals surface area (Å²) < 4.78 is 1.42. The molecule has 126 valence electrons. The summed E-state index contributed by atoms with van der Waals surface area (Å²) in [7, 11) is 0. The molecule has 0 saturated heterocycles. The highest BCUT2D eigenvalue weighted by molar-refractivity contribution is 5.90. The molecule has 2 aliphatic rings. The van der Waals surface area contributed by atoms with E-state index in [4.69, 9.17) is 11.5 Å². The van der Waals surface area contributed by atoms with E-state index in [1.54, 1.807) is 0 Å². The van der Waals surface area contributed by atoms with Gasteiger partial charge in [-0.3, -0.25) is 4.79 Å². The van der Waals surface area contributed by atoms with E-state index in [-0.39, 0.29) is 17.9 Å². The molecule has 6 nitrogen and oxygen atoms in total. The van der Waals surface area contributed by atoms with Crippen LogP contribution in [0.4, 0.5) is 11.5 Å². The van der Waals surface area contributed by atoms with Crippen LogP contribution in [-0.4, -0.2) is 28.3 Å². The van der Waals surface area contributed by atoms with Gasteiger partial charge >= 0.3 is 0 Å². The molecule has 24 heavy (non-hydrogen) atoms. The highest BCUT2D eigenvalue weighted by Gasteiger charge is 2.32. The van der Waals surface area contributed by atoms with E-state index in [1.807, 2.05) is 12.1 Å². The Hall–Kier alpha value is -2.34. The maximum absolute atomic E-state index is 13.2. The van der Waals surface area contributed by atoms with E-state index in [0.717, 1.165) is 53.9 Å². The third-order valence-electron chi connectivity index (χ3n) is 5.25. The molecular weight excluding hydrogens is 302 g/mol. The first-order chi connectivity index (χ1) is 11.6. The number of aromatic nitrogens is 2. The van der Waals surface area contributed by atoms with E-state index in [0.29, 0.717) is 12.2 Å². The monoisotopic (exact) mass is 325 g/mol. The van der Waals surface area contributed by atoms with E-state index in [2.05, 4.69) is 23.4 Å². The van der Waals surface area contributed by atoms with Gasteiger partial charge in [0.05, 0.1) is 11.6 Å². The van der Waals surface area contributed by atoms with Crippen LogP contribution in [0.15, 0.2) is 18.2 Å². The lowest BCUT2D eigenvalue weighted by atomic mass is 9.88. The number of carbonyl (C=O) groups excluding carboxylic acids is 1. The number of hydrogen-bond acceptors (Lipinski definition) is 5. The number of carbonyl (C=O) groups is 1. The number of nitrogen functional groups attached to an aromatic ring is 1. The highest BCUT2D eigenvalue weighted by atomic mass is 16.2. The Kier molecular flexibility index (Phi) is 3.57. The molecule has 4 rings (SSSR count). The first-order valence-corrected chi connectivity index (χ1v) is 8.55. The van der Waals surface area contributed by atoms with Crippen molar-refractivity contribution in [3.05, 3.63) is 40.6 Å². The number of nitrogens with two attached hydrogens (primary N) is 2. The summed E-state index contributed by atoms with van der Waals surface area (Å²) in [6, 6.07) is 6.18. The van der Waals surface area contributed by atoms with Gasteiger partial charge in [0.2, 0.25) is 0 Å². The number of nitrogens with zero attached hydrogens (tertiary/aromatic N) is 2. The third-order valence-corrected chi connectivity index (χ3v) is 5.25. The van der Waals surface area contributed by atoms with Gasteiger partial charge in [0.25, 0.3) is 5.91 Å². The van der Waals surface area contributed by atoms with Crippen LogP contribution in [0.1, 0.15) is 45.9 Å². The predicted molar refractivity (Wildman–Crippen MR) is 94.3 cm³/mol. The zero-order valence-electron chi connectivity index (χ0n) is 13.9. The molecule has 2 aromatic rings. The summed E-state index contributed by atoms with van der Waals surface area (Å²) in [6.45, 7) is 2.83. The quantitative estimate of drug-likeness (QED) is 0.743. The Morgan fingerprint density at radius 3 is 3.04 bits per heavy atom. The molecule has 2 unspecified atom stereocenters. The Bertz CT molecular complexity index is 810. The van der Waals surface area contributed by atoms with Gasteiger partial charge in [-0.1, -0.05) is 18.2 Å². The molecule has 2 heterocycles. The lowest BCUT2D eigenvalue weighted by molar-refractivity contribution is 0.0859. The standard InChI is InChI=1S/C18H23N5O/c1-10-3-2-4-12-13(7-8-21-16(10)12)18(24)23-17(20)14-9-11(19)5-6-15(14)22-23/h2-4,11,13,21H,5-9,19-20H2,1H3. The van der Waals surface area contributed by atoms with Crippen LogP contribution >= 0.6 is 0 Å².